The largest absolute Gasteiger partial charge is 0.394 e. The second-order valence-electron chi connectivity index (χ2n) is 4.84. The first kappa shape index (κ1) is 15.5. The van der Waals surface area contributed by atoms with E-state index in [-0.39, 0.29) is 12.2 Å². The number of aliphatic hydroxyl groups is 1. The molecule has 2 aromatic rings. The maximum atomic E-state index is 13.2. The van der Waals surface area contributed by atoms with E-state index in [1.165, 1.54) is 0 Å². The Kier molecular flexibility index (Phi) is 4.98. The maximum Gasteiger partial charge on any atom is 0.194 e. The lowest BCUT2D eigenvalue weighted by atomic mass is 10.1. The molecule has 0 saturated heterocycles. The molecule has 0 aliphatic carbocycles. The van der Waals surface area contributed by atoms with E-state index in [0.29, 0.717) is 6.54 Å². The van der Waals surface area contributed by atoms with Crippen molar-refractivity contribution >= 4 is 0 Å². The highest BCUT2D eigenvalue weighted by Crippen LogP contribution is 2.20. The summed E-state index contributed by atoms with van der Waals surface area (Å²) in [6.45, 7) is 2.02. The Labute approximate surface area is 121 Å². The summed E-state index contributed by atoms with van der Waals surface area (Å²) in [5.41, 5.74) is 2.25. The predicted octanol–water partition coefficient (Wildman–Crippen LogP) is 3.24. The van der Waals surface area contributed by atoms with E-state index in [1.54, 1.807) is 0 Å². The lowest BCUT2D eigenvalue weighted by Crippen LogP contribution is -2.24. The van der Waals surface area contributed by atoms with Gasteiger partial charge in [0.1, 0.15) is 0 Å². The Morgan fingerprint density at radius 3 is 2.29 bits per heavy atom. The Bertz CT molecular complexity index is 608. The molecule has 0 aliphatic heterocycles. The normalized spacial score (nSPS) is 12.4. The molecule has 0 aromatic heterocycles. The van der Waals surface area contributed by atoms with Gasteiger partial charge in [-0.15, -0.1) is 0 Å². The van der Waals surface area contributed by atoms with Crippen molar-refractivity contribution in [1.29, 1.82) is 0 Å². The fourth-order valence-corrected chi connectivity index (χ4v) is 2.11. The maximum absolute atomic E-state index is 13.2. The number of aliphatic hydroxyl groups excluding tert-OH is 1. The second kappa shape index (κ2) is 6.74. The summed E-state index contributed by atoms with van der Waals surface area (Å²) in [6, 6.07) is 8.77. The zero-order valence-corrected chi connectivity index (χ0v) is 11.5. The van der Waals surface area contributed by atoms with Crippen molar-refractivity contribution < 1.29 is 18.3 Å². The van der Waals surface area contributed by atoms with E-state index < -0.39 is 23.5 Å². The zero-order valence-electron chi connectivity index (χ0n) is 11.5. The molecule has 0 spiro atoms. The SMILES string of the molecule is Cc1ccccc1CNC(CO)c1cc(F)c(F)c(F)c1. The van der Waals surface area contributed by atoms with Gasteiger partial charge in [-0.3, -0.25) is 0 Å². The summed E-state index contributed by atoms with van der Waals surface area (Å²) in [4.78, 5) is 0. The van der Waals surface area contributed by atoms with Crippen LogP contribution in [0.25, 0.3) is 0 Å². The lowest BCUT2D eigenvalue weighted by molar-refractivity contribution is 0.242. The Hall–Kier alpha value is -1.85. The molecule has 0 bridgehead atoms. The van der Waals surface area contributed by atoms with Gasteiger partial charge in [-0.05, 0) is 35.7 Å². The highest BCUT2D eigenvalue weighted by Gasteiger charge is 2.16. The average Bonchev–Trinajstić information content (AvgIpc) is 2.47. The van der Waals surface area contributed by atoms with Gasteiger partial charge in [-0.25, -0.2) is 13.2 Å². The molecule has 2 rings (SSSR count). The van der Waals surface area contributed by atoms with E-state index in [4.69, 9.17) is 0 Å². The van der Waals surface area contributed by atoms with Crippen molar-refractivity contribution in [3.05, 3.63) is 70.5 Å². The van der Waals surface area contributed by atoms with Gasteiger partial charge >= 0.3 is 0 Å². The monoisotopic (exact) mass is 295 g/mol. The molecule has 0 amide bonds. The molecular formula is C16H16F3NO. The van der Waals surface area contributed by atoms with Gasteiger partial charge in [-0.2, -0.15) is 0 Å². The number of halogens is 3. The minimum Gasteiger partial charge on any atom is -0.394 e. The second-order valence-corrected chi connectivity index (χ2v) is 4.84. The number of rotatable bonds is 5. The fraction of sp³-hybridized carbons (Fsp3) is 0.250. The van der Waals surface area contributed by atoms with Crippen LogP contribution >= 0.6 is 0 Å². The lowest BCUT2D eigenvalue weighted by Gasteiger charge is -2.18. The minimum absolute atomic E-state index is 0.169. The van der Waals surface area contributed by atoms with Gasteiger partial charge in [0.15, 0.2) is 17.5 Å². The first-order valence-electron chi connectivity index (χ1n) is 6.56. The summed E-state index contributed by atoms with van der Waals surface area (Å²) < 4.78 is 39.4. The highest BCUT2D eigenvalue weighted by molar-refractivity contribution is 5.27. The van der Waals surface area contributed by atoms with Crippen LogP contribution in [0.5, 0.6) is 0 Å². The molecule has 0 heterocycles. The molecule has 0 aliphatic rings. The van der Waals surface area contributed by atoms with Crippen LogP contribution < -0.4 is 5.32 Å². The Balaban J connectivity index is 2.15. The van der Waals surface area contributed by atoms with E-state index >= 15 is 0 Å². The van der Waals surface area contributed by atoms with Crippen LogP contribution in [0.4, 0.5) is 13.2 Å². The van der Waals surface area contributed by atoms with Gasteiger partial charge in [0.2, 0.25) is 0 Å². The molecule has 0 saturated carbocycles. The first-order valence-corrected chi connectivity index (χ1v) is 6.56. The van der Waals surface area contributed by atoms with Crippen LogP contribution in [0.2, 0.25) is 0 Å². The van der Waals surface area contributed by atoms with E-state index in [1.807, 2.05) is 31.2 Å². The van der Waals surface area contributed by atoms with E-state index in [2.05, 4.69) is 5.32 Å². The van der Waals surface area contributed by atoms with Crippen molar-refractivity contribution in [2.45, 2.75) is 19.5 Å². The van der Waals surface area contributed by atoms with Gasteiger partial charge in [0.25, 0.3) is 0 Å². The predicted molar refractivity (Wildman–Crippen MR) is 74.2 cm³/mol. The van der Waals surface area contributed by atoms with Gasteiger partial charge in [0, 0.05) is 6.54 Å². The van der Waals surface area contributed by atoms with Crippen LogP contribution in [0, 0.1) is 24.4 Å². The van der Waals surface area contributed by atoms with Crippen molar-refractivity contribution in [1.82, 2.24) is 5.32 Å². The summed E-state index contributed by atoms with van der Waals surface area (Å²) in [6.07, 6.45) is 0. The Morgan fingerprint density at radius 2 is 1.71 bits per heavy atom. The molecule has 2 nitrogen and oxygen atoms in total. The third-order valence-electron chi connectivity index (χ3n) is 3.39. The summed E-state index contributed by atoms with van der Waals surface area (Å²) in [7, 11) is 0. The molecule has 0 fully saturated rings. The van der Waals surface area contributed by atoms with Crippen molar-refractivity contribution in [2.24, 2.45) is 0 Å². The van der Waals surface area contributed by atoms with Crippen molar-refractivity contribution in [3.63, 3.8) is 0 Å². The number of aryl methyl sites for hydroxylation is 1. The molecule has 112 valence electrons. The topological polar surface area (TPSA) is 32.3 Å². The number of benzene rings is 2. The van der Waals surface area contributed by atoms with E-state index in [9.17, 15) is 18.3 Å². The molecule has 1 atom stereocenters. The smallest absolute Gasteiger partial charge is 0.194 e. The molecule has 21 heavy (non-hydrogen) atoms. The molecular weight excluding hydrogens is 279 g/mol. The summed E-state index contributed by atoms with van der Waals surface area (Å²) in [5.74, 6) is -4.03. The van der Waals surface area contributed by atoms with E-state index in [0.717, 1.165) is 23.3 Å². The van der Waals surface area contributed by atoms with Crippen LogP contribution in [0.3, 0.4) is 0 Å². The van der Waals surface area contributed by atoms with Crippen LogP contribution in [0.1, 0.15) is 22.7 Å². The van der Waals surface area contributed by atoms with Gasteiger partial charge in [-0.1, -0.05) is 24.3 Å². The number of hydrogen-bond acceptors (Lipinski definition) is 2. The van der Waals surface area contributed by atoms with Crippen molar-refractivity contribution in [2.75, 3.05) is 6.61 Å². The molecule has 2 N–H and O–H groups in total. The highest BCUT2D eigenvalue weighted by atomic mass is 19.2. The van der Waals surface area contributed by atoms with Crippen LogP contribution in [0.15, 0.2) is 36.4 Å². The fourth-order valence-electron chi connectivity index (χ4n) is 2.11. The number of hydrogen-bond donors (Lipinski definition) is 2. The quantitative estimate of drug-likeness (QED) is 0.830. The first-order chi connectivity index (χ1) is 10.0. The van der Waals surface area contributed by atoms with Crippen molar-refractivity contribution in [3.8, 4) is 0 Å². The average molecular weight is 295 g/mol. The molecule has 1 unspecified atom stereocenters. The zero-order chi connectivity index (χ0) is 15.4. The standard InChI is InChI=1S/C16H16F3NO/c1-10-4-2-3-5-11(10)8-20-15(9-21)12-6-13(17)16(19)14(18)7-12/h2-7,15,20-21H,8-9H2,1H3. The van der Waals surface area contributed by atoms with Crippen LogP contribution in [-0.2, 0) is 6.54 Å². The molecule has 5 heteroatoms. The summed E-state index contributed by atoms with van der Waals surface area (Å²) >= 11 is 0. The molecule has 0 radical (unpaired) electrons. The van der Waals surface area contributed by atoms with Gasteiger partial charge in [0.05, 0.1) is 12.6 Å². The molecule has 2 aromatic carbocycles. The van der Waals surface area contributed by atoms with Gasteiger partial charge < -0.3 is 10.4 Å². The minimum atomic E-state index is -1.51. The third kappa shape index (κ3) is 3.62. The Morgan fingerprint density at radius 1 is 1.10 bits per heavy atom. The number of nitrogens with one attached hydrogen (secondary N) is 1. The third-order valence-corrected chi connectivity index (χ3v) is 3.39. The van der Waals surface area contributed by atoms with Crippen LogP contribution in [-0.4, -0.2) is 11.7 Å². The summed E-state index contributed by atoms with van der Waals surface area (Å²) in [5, 5.41) is 12.4.